The van der Waals surface area contributed by atoms with Gasteiger partial charge in [0, 0.05) is 28.0 Å². The van der Waals surface area contributed by atoms with Gasteiger partial charge in [-0.2, -0.15) is 5.10 Å². The van der Waals surface area contributed by atoms with Crippen LogP contribution in [0.3, 0.4) is 0 Å². The molecule has 7 nitrogen and oxygen atoms in total. The fourth-order valence-corrected chi connectivity index (χ4v) is 4.29. The summed E-state index contributed by atoms with van der Waals surface area (Å²) in [6, 6.07) is 19.9. The van der Waals surface area contributed by atoms with Crippen molar-refractivity contribution in [1.29, 1.82) is 0 Å². The number of hydrogen-bond donors (Lipinski definition) is 2. The maximum Gasteiger partial charge on any atom is 0.227 e. The van der Waals surface area contributed by atoms with E-state index in [9.17, 15) is 5.11 Å². The van der Waals surface area contributed by atoms with Crippen molar-refractivity contribution < 1.29 is 5.11 Å². The third-order valence-electron chi connectivity index (χ3n) is 6.93. The van der Waals surface area contributed by atoms with Gasteiger partial charge in [-0.25, -0.2) is 15.0 Å². The maximum absolute atomic E-state index is 11.1. The van der Waals surface area contributed by atoms with Crippen molar-refractivity contribution in [2.45, 2.75) is 71.4 Å². The van der Waals surface area contributed by atoms with Gasteiger partial charge in [0.15, 0.2) is 0 Å². The van der Waals surface area contributed by atoms with E-state index in [1.165, 1.54) is 30.4 Å². The minimum Gasteiger partial charge on any atom is -0.387 e. The Kier molecular flexibility index (Phi) is 8.80. The Labute approximate surface area is 230 Å². The number of nitrogens with zero attached hydrogens (tertiary/aromatic N) is 5. The number of anilines is 2. The zero-order valence-electron chi connectivity index (χ0n) is 22.6. The van der Waals surface area contributed by atoms with E-state index in [1.54, 1.807) is 11.0 Å². The fraction of sp³-hybridized carbons (Fsp3) is 0.400. The molecule has 2 aromatic carbocycles. The van der Waals surface area contributed by atoms with Crippen molar-refractivity contribution in [3.63, 3.8) is 0 Å². The van der Waals surface area contributed by atoms with E-state index >= 15 is 0 Å². The Bertz CT molecular complexity index is 1280. The molecule has 2 heterocycles. The van der Waals surface area contributed by atoms with Gasteiger partial charge < -0.3 is 10.4 Å². The van der Waals surface area contributed by atoms with Crippen molar-refractivity contribution in [3.05, 3.63) is 95.3 Å². The lowest BCUT2D eigenvalue weighted by molar-refractivity contribution is -0.0796. The van der Waals surface area contributed by atoms with Crippen LogP contribution < -0.4 is 5.32 Å². The molecule has 2 N–H and O–H groups in total. The molecule has 5 rings (SSSR count). The summed E-state index contributed by atoms with van der Waals surface area (Å²) in [6.45, 7) is 8.59. The first kappa shape index (κ1) is 27.7. The van der Waals surface area contributed by atoms with Gasteiger partial charge in [0.05, 0.1) is 12.1 Å². The van der Waals surface area contributed by atoms with Gasteiger partial charge >= 0.3 is 0 Å². The molecule has 0 spiro atoms. The Balaban J connectivity index is 0.000000180. The minimum atomic E-state index is -0.861. The molecule has 200 valence electrons. The normalized spacial score (nSPS) is 14.8. The predicted octanol–water partition coefficient (Wildman–Crippen LogP) is 6.75. The third kappa shape index (κ3) is 7.85. The number of hydrogen-bond acceptors (Lipinski definition) is 6. The van der Waals surface area contributed by atoms with Crippen molar-refractivity contribution in [2.75, 3.05) is 5.32 Å². The first-order valence-electron chi connectivity index (χ1n) is 13.1. The van der Waals surface area contributed by atoms with Crippen LogP contribution in [-0.2, 0) is 13.0 Å². The summed E-state index contributed by atoms with van der Waals surface area (Å²) >= 11 is 5.90. The lowest BCUT2D eigenvalue weighted by Crippen LogP contribution is -2.47. The molecule has 1 fully saturated rings. The van der Waals surface area contributed by atoms with Gasteiger partial charge in [-0.3, -0.25) is 4.68 Å². The van der Waals surface area contributed by atoms with E-state index in [4.69, 9.17) is 11.6 Å². The van der Waals surface area contributed by atoms with E-state index in [2.05, 4.69) is 31.4 Å². The van der Waals surface area contributed by atoms with Crippen LogP contribution in [0, 0.1) is 12.3 Å². The summed E-state index contributed by atoms with van der Waals surface area (Å²) in [5.74, 6) is 1.37. The number of para-hydroxylation sites is 1. The van der Waals surface area contributed by atoms with Crippen LogP contribution in [0.15, 0.2) is 73.3 Å². The first-order valence-corrected chi connectivity index (χ1v) is 13.5. The highest BCUT2D eigenvalue weighted by Crippen LogP contribution is 2.39. The van der Waals surface area contributed by atoms with Gasteiger partial charge in [-0.15, -0.1) is 0 Å². The molecular weight excluding hydrogens is 496 g/mol. The molecule has 0 aliphatic heterocycles. The van der Waals surface area contributed by atoms with E-state index in [0.29, 0.717) is 24.8 Å². The number of rotatable bonds is 8. The molecule has 0 radical (unpaired) electrons. The van der Waals surface area contributed by atoms with Gasteiger partial charge in [0.1, 0.15) is 12.7 Å². The van der Waals surface area contributed by atoms with Crippen LogP contribution in [-0.4, -0.2) is 35.4 Å². The monoisotopic (exact) mass is 532 g/mol. The van der Waals surface area contributed by atoms with Crippen LogP contribution in [0.1, 0.15) is 62.9 Å². The first-order chi connectivity index (χ1) is 18.1. The highest BCUT2D eigenvalue weighted by molar-refractivity contribution is 6.30. The van der Waals surface area contributed by atoms with Crippen LogP contribution in [0.4, 0.5) is 11.6 Å². The van der Waals surface area contributed by atoms with Crippen LogP contribution in [0.2, 0.25) is 5.02 Å². The second-order valence-electron chi connectivity index (χ2n) is 11.0. The summed E-state index contributed by atoms with van der Waals surface area (Å²) in [6.07, 6.45) is 7.10. The fourth-order valence-electron chi connectivity index (χ4n) is 4.16. The number of aromatic nitrogens is 5. The highest BCUT2D eigenvalue weighted by atomic mass is 35.5. The Morgan fingerprint density at radius 2 is 1.74 bits per heavy atom. The minimum absolute atomic E-state index is 0.259. The van der Waals surface area contributed by atoms with Gasteiger partial charge in [-0.05, 0) is 73.9 Å². The van der Waals surface area contributed by atoms with E-state index < -0.39 is 5.60 Å². The van der Waals surface area contributed by atoms with Gasteiger partial charge in [0.2, 0.25) is 5.95 Å². The topological polar surface area (TPSA) is 88.8 Å². The zero-order valence-corrected chi connectivity index (χ0v) is 23.4. The molecule has 0 saturated heterocycles. The molecule has 0 amide bonds. The molecule has 8 heteroatoms. The molecule has 1 aliphatic carbocycles. The number of nitrogens with one attached hydrogen (secondary N) is 1. The molecule has 1 atom stereocenters. The van der Waals surface area contributed by atoms with Crippen LogP contribution >= 0.6 is 11.6 Å². The molecule has 4 aromatic rings. The van der Waals surface area contributed by atoms with Crippen LogP contribution in [0.25, 0.3) is 0 Å². The molecular formula is C30H37ClN6O. The summed E-state index contributed by atoms with van der Waals surface area (Å²) in [7, 11) is 0. The van der Waals surface area contributed by atoms with Crippen molar-refractivity contribution in [1.82, 2.24) is 24.7 Å². The molecule has 38 heavy (non-hydrogen) atoms. The lowest BCUT2D eigenvalue weighted by atomic mass is 9.73. The summed E-state index contributed by atoms with van der Waals surface area (Å²) in [5, 5.41) is 19.2. The lowest BCUT2D eigenvalue weighted by Gasteiger charge is -2.40. The summed E-state index contributed by atoms with van der Waals surface area (Å²) < 4.78 is 1.69. The second kappa shape index (κ2) is 12.0. The third-order valence-corrected chi connectivity index (χ3v) is 7.18. The van der Waals surface area contributed by atoms with E-state index in [-0.39, 0.29) is 5.41 Å². The SMILES string of the molecule is CC(C)(C)C(O)(CCc1ccc(Cl)cc1)Cn1cncn1.Cc1cc(C2CC2)nc(Nc2ccccc2)n1. The number of halogens is 1. The maximum atomic E-state index is 11.1. The number of aliphatic hydroxyl groups is 1. The molecule has 1 saturated carbocycles. The molecule has 0 bridgehead atoms. The largest absolute Gasteiger partial charge is 0.387 e. The van der Waals surface area contributed by atoms with Crippen molar-refractivity contribution in [2.24, 2.45) is 5.41 Å². The summed E-state index contributed by atoms with van der Waals surface area (Å²) in [5.41, 5.74) is 3.28. The Morgan fingerprint density at radius 1 is 1.03 bits per heavy atom. The Hall–Kier alpha value is -3.29. The zero-order chi connectivity index (χ0) is 27.2. The van der Waals surface area contributed by atoms with Crippen LogP contribution in [0.5, 0.6) is 0 Å². The van der Waals surface area contributed by atoms with Gasteiger partial charge in [0.25, 0.3) is 0 Å². The standard InChI is InChI=1S/C16H22ClN3O.C14H15N3/c1-15(2,3)16(21,10-20-12-18-11-19-20)9-8-13-4-6-14(17)7-5-13;1-10-9-13(11-7-8-11)17-14(15-10)16-12-5-3-2-4-6-12/h4-7,11-12,21H,8-10H2,1-3H3;2-6,9,11H,7-8H2,1H3,(H,15,16,17). The summed E-state index contributed by atoms with van der Waals surface area (Å²) in [4.78, 5) is 12.9. The average molecular weight is 533 g/mol. The van der Waals surface area contributed by atoms with E-state index in [0.717, 1.165) is 22.8 Å². The quantitative estimate of drug-likeness (QED) is 0.261. The molecule has 2 aromatic heterocycles. The number of benzene rings is 2. The Morgan fingerprint density at radius 3 is 2.34 bits per heavy atom. The number of aryl methyl sites for hydroxylation is 2. The predicted molar refractivity (Wildman–Crippen MR) is 153 cm³/mol. The highest BCUT2D eigenvalue weighted by Gasteiger charge is 2.40. The average Bonchev–Trinajstić information content (AvgIpc) is 3.61. The van der Waals surface area contributed by atoms with Crippen molar-refractivity contribution >= 4 is 23.2 Å². The smallest absolute Gasteiger partial charge is 0.227 e. The second-order valence-corrected chi connectivity index (χ2v) is 11.5. The van der Waals surface area contributed by atoms with Gasteiger partial charge in [-0.1, -0.05) is 62.7 Å². The molecule has 1 unspecified atom stereocenters. The van der Waals surface area contributed by atoms with E-state index in [1.807, 2.05) is 82.3 Å². The molecule has 1 aliphatic rings. The van der Waals surface area contributed by atoms with Crippen molar-refractivity contribution in [3.8, 4) is 0 Å².